The summed E-state index contributed by atoms with van der Waals surface area (Å²) in [5.41, 5.74) is 7.87. The van der Waals surface area contributed by atoms with Crippen molar-refractivity contribution in [1.82, 2.24) is 0 Å². The third-order valence-corrected chi connectivity index (χ3v) is 0.797. The van der Waals surface area contributed by atoms with Gasteiger partial charge in [-0.1, -0.05) is 0 Å². The second-order valence-electron chi connectivity index (χ2n) is 1.71. The number of rotatable bonds is 3. The molecule has 0 saturated carbocycles. The molecule has 8 N–H and O–H groups in total. The van der Waals surface area contributed by atoms with Gasteiger partial charge in [-0.25, -0.2) is 4.79 Å². The van der Waals surface area contributed by atoms with E-state index in [1.165, 1.54) is 0 Å². The molecule has 1 atom stereocenters. The number of nitrogens with two attached hydrogens (primary N) is 1. The van der Waals surface area contributed by atoms with Crippen molar-refractivity contribution in [2.75, 3.05) is 0 Å². The number of hydrogen-bond acceptors (Lipinski definition) is 2. The Kier molecular flexibility index (Phi) is 11.0. The van der Waals surface area contributed by atoms with E-state index in [0.29, 0.717) is 0 Å². The average Bonchev–Trinajstić information content (AvgIpc) is 1.63. The van der Waals surface area contributed by atoms with Crippen LogP contribution in [0.1, 0.15) is 6.42 Å². The summed E-state index contributed by atoms with van der Waals surface area (Å²) in [4.78, 5) is 20.0. The van der Waals surface area contributed by atoms with Crippen LogP contribution in [0.5, 0.6) is 0 Å². The molecule has 0 saturated heterocycles. The van der Waals surface area contributed by atoms with Crippen molar-refractivity contribution in [3.05, 3.63) is 0 Å². The van der Waals surface area contributed by atoms with Crippen LogP contribution >= 0.6 is 0 Å². The highest BCUT2D eigenvalue weighted by atomic mass is 35.5. The summed E-state index contributed by atoms with van der Waals surface area (Å²) in [5.74, 6) is -1.74. The van der Waals surface area contributed by atoms with Gasteiger partial charge in [0.05, 0.1) is 6.42 Å². The molecule has 0 unspecified atom stereocenters. The third kappa shape index (κ3) is 9.15. The fourth-order valence-electron chi connectivity index (χ4n) is 0.330. The molecule has 68 valence electrons. The maximum Gasteiger partial charge on any atom is 0.362 e. The number of carbonyl (C=O) groups is 2. The van der Waals surface area contributed by atoms with Gasteiger partial charge in [0.2, 0.25) is 5.91 Å². The van der Waals surface area contributed by atoms with E-state index < -0.39 is 17.9 Å². The lowest BCUT2D eigenvalue weighted by molar-refractivity contribution is -0.406. The van der Waals surface area contributed by atoms with Gasteiger partial charge in [0.25, 0.3) is 0 Å². The van der Waals surface area contributed by atoms with Gasteiger partial charge in [-0.05, 0) is 0 Å². The van der Waals surface area contributed by atoms with Crippen molar-refractivity contribution in [3.63, 3.8) is 0 Å². The molecule has 0 radical (unpaired) electrons. The van der Waals surface area contributed by atoms with E-state index in [9.17, 15) is 9.59 Å². The van der Waals surface area contributed by atoms with Crippen molar-refractivity contribution in [2.24, 2.45) is 5.73 Å². The summed E-state index contributed by atoms with van der Waals surface area (Å²) in [6.45, 7) is 0. The van der Waals surface area contributed by atoms with Crippen molar-refractivity contribution in [1.29, 1.82) is 0 Å². The van der Waals surface area contributed by atoms with E-state index in [-0.39, 0.29) is 24.3 Å². The zero-order valence-corrected chi connectivity index (χ0v) is 6.47. The van der Waals surface area contributed by atoms with Crippen LogP contribution in [-0.4, -0.2) is 28.5 Å². The largest absolute Gasteiger partial charge is 1.00 e. The first kappa shape index (κ1) is 16.6. The maximum absolute atomic E-state index is 10.0. The second-order valence-corrected chi connectivity index (χ2v) is 1.71. The van der Waals surface area contributed by atoms with E-state index >= 15 is 0 Å². The molecule has 0 heterocycles. The van der Waals surface area contributed by atoms with Gasteiger partial charge in [0.15, 0.2) is 6.04 Å². The van der Waals surface area contributed by atoms with E-state index in [1.807, 2.05) is 0 Å². The van der Waals surface area contributed by atoms with Crippen molar-refractivity contribution < 1.29 is 38.3 Å². The van der Waals surface area contributed by atoms with Crippen LogP contribution < -0.4 is 23.9 Å². The Morgan fingerprint density at radius 1 is 1.55 bits per heavy atom. The summed E-state index contributed by atoms with van der Waals surface area (Å²) >= 11 is 0. The van der Waals surface area contributed by atoms with Crippen molar-refractivity contribution in [2.45, 2.75) is 12.5 Å². The second kappa shape index (κ2) is 7.26. The topological polar surface area (TPSA) is 140 Å². The Morgan fingerprint density at radius 2 is 1.91 bits per heavy atom. The third-order valence-electron chi connectivity index (χ3n) is 0.797. The first-order chi connectivity index (χ1) is 4.04. The number of aliphatic carboxylic acids is 1. The molecule has 1 amide bonds. The highest BCUT2D eigenvalue weighted by Gasteiger charge is 2.17. The Balaban J connectivity index is -0.000000320. The molecule has 0 aromatic heterocycles. The molecule has 0 aliphatic heterocycles. The Morgan fingerprint density at radius 3 is 2.00 bits per heavy atom. The lowest BCUT2D eigenvalue weighted by Crippen LogP contribution is -3.00. The fourth-order valence-corrected chi connectivity index (χ4v) is 0.330. The predicted octanol–water partition coefficient (Wildman–Crippen LogP) is -6.26. The van der Waals surface area contributed by atoms with Gasteiger partial charge in [0.1, 0.15) is 0 Å². The number of amides is 1. The molecule has 0 aliphatic rings. The van der Waals surface area contributed by atoms with Crippen LogP contribution in [0, 0.1) is 0 Å². The molecule has 0 bridgehead atoms. The van der Waals surface area contributed by atoms with Crippen LogP contribution in [0.25, 0.3) is 0 Å². The number of primary amides is 1. The van der Waals surface area contributed by atoms with Crippen molar-refractivity contribution >= 4 is 11.9 Å². The fraction of sp³-hybridized carbons (Fsp3) is 0.500. The normalized spacial score (nSPS) is 10.3. The number of carbonyl (C=O) groups excluding carboxylic acids is 1. The molecule has 0 fully saturated rings. The highest BCUT2D eigenvalue weighted by Crippen LogP contribution is 1.81. The minimum Gasteiger partial charge on any atom is -1.00 e. The van der Waals surface area contributed by atoms with Crippen LogP contribution in [0.4, 0.5) is 0 Å². The Hall–Kier alpha value is -0.850. The monoisotopic (exact) mass is 186 g/mol. The number of carboxylic acid groups (broad SMARTS) is 1. The number of carboxylic acids is 1. The molecule has 0 aromatic rings. The van der Waals surface area contributed by atoms with Crippen LogP contribution in [-0.2, 0) is 9.59 Å². The van der Waals surface area contributed by atoms with E-state index in [0.717, 1.165) is 0 Å². The molecule has 0 aliphatic carbocycles. The Labute approximate surface area is 69.3 Å². The summed E-state index contributed by atoms with van der Waals surface area (Å²) in [6.07, 6.45) is -0.199. The van der Waals surface area contributed by atoms with Gasteiger partial charge < -0.3 is 34.5 Å². The van der Waals surface area contributed by atoms with Gasteiger partial charge in [-0.3, -0.25) is 4.79 Å². The maximum atomic E-state index is 10.0. The summed E-state index contributed by atoms with van der Waals surface area (Å²) in [6, 6.07) is -0.914. The number of quaternary nitrogens is 1. The predicted molar refractivity (Wildman–Crippen MR) is 31.7 cm³/mol. The van der Waals surface area contributed by atoms with E-state index in [2.05, 4.69) is 11.5 Å². The molecule has 11 heavy (non-hydrogen) atoms. The molecule has 0 rings (SSSR count). The highest BCUT2D eigenvalue weighted by molar-refractivity contribution is 5.81. The minimum atomic E-state index is -1.10. The van der Waals surface area contributed by atoms with Gasteiger partial charge in [-0.15, -0.1) is 0 Å². The first-order valence-corrected chi connectivity index (χ1v) is 2.38. The van der Waals surface area contributed by atoms with E-state index in [4.69, 9.17) is 5.11 Å². The first-order valence-electron chi connectivity index (χ1n) is 2.38. The van der Waals surface area contributed by atoms with Crippen LogP contribution in [0.3, 0.4) is 0 Å². The van der Waals surface area contributed by atoms with Crippen LogP contribution in [0.2, 0.25) is 0 Å². The van der Waals surface area contributed by atoms with E-state index in [1.54, 1.807) is 0 Å². The number of halogens is 1. The lowest BCUT2D eigenvalue weighted by atomic mass is 10.2. The Bertz CT molecular complexity index is 140. The summed E-state index contributed by atoms with van der Waals surface area (Å²) in [7, 11) is 0. The molecule has 0 spiro atoms. The minimum absolute atomic E-state index is 0. The lowest BCUT2D eigenvalue weighted by Gasteiger charge is -1.96. The van der Waals surface area contributed by atoms with Crippen molar-refractivity contribution in [3.8, 4) is 0 Å². The van der Waals surface area contributed by atoms with Gasteiger partial charge >= 0.3 is 5.97 Å². The summed E-state index contributed by atoms with van der Waals surface area (Å²) in [5, 5.41) is 8.16. The standard InChI is InChI=1S/C4H8N2O3.ClH.H2O/c5-2(4(8)9)1-3(6)7;;/h2H,1,5H2,(H2,6,7)(H,8,9);1H;1H2/t2-;;/m0../s1. The molecule has 0 aromatic carbocycles. The molecule has 6 nitrogen and oxygen atoms in total. The van der Waals surface area contributed by atoms with Crippen LogP contribution in [0.15, 0.2) is 0 Å². The van der Waals surface area contributed by atoms with Gasteiger partial charge in [-0.2, -0.15) is 0 Å². The molecular weight excluding hydrogens is 176 g/mol. The van der Waals surface area contributed by atoms with Gasteiger partial charge in [0, 0.05) is 0 Å². The number of hydrogen-bond donors (Lipinski definition) is 3. The smallest absolute Gasteiger partial charge is 0.362 e. The zero-order valence-electron chi connectivity index (χ0n) is 5.71. The molecule has 7 heteroatoms. The summed E-state index contributed by atoms with van der Waals surface area (Å²) < 4.78 is 0. The zero-order chi connectivity index (χ0) is 7.44. The average molecular weight is 187 g/mol. The quantitative estimate of drug-likeness (QED) is 0.404. The molecular formula is C4H11ClN2O4. The SMILES string of the molecule is NC(=O)C[C@H]([NH3+])C(=O)O.O.[Cl-].